The number of aryl methyl sites for hydroxylation is 1. The van der Waals surface area contributed by atoms with Crippen LogP contribution in [0.25, 0.3) is 0 Å². The van der Waals surface area contributed by atoms with Crippen LogP contribution in [0.3, 0.4) is 0 Å². The van der Waals surface area contributed by atoms with Gasteiger partial charge in [0.1, 0.15) is 11.6 Å². The number of rotatable bonds is 5. The Morgan fingerprint density at radius 1 is 1.22 bits per heavy atom. The van der Waals surface area contributed by atoms with Gasteiger partial charge in [-0.2, -0.15) is 0 Å². The summed E-state index contributed by atoms with van der Waals surface area (Å²) in [5.74, 6) is -0.437. The van der Waals surface area contributed by atoms with Crippen molar-refractivity contribution in [3.63, 3.8) is 0 Å². The zero-order valence-corrected chi connectivity index (χ0v) is 13.1. The fourth-order valence-corrected chi connectivity index (χ4v) is 3.29. The second-order valence-corrected chi connectivity index (χ2v) is 6.31. The molecule has 2 aromatic rings. The molecule has 7 nitrogen and oxygen atoms in total. The number of hydrogen-bond donors (Lipinski definition) is 1. The van der Waals surface area contributed by atoms with Crippen molar-refractivity contribution in [1.82, 2.24) is 0 Å². The van der Waals surface area contributed by atoms with Gasteiger partial charge in [0.25, 0.3) is 15.7 Å². The average molecular weight is 340 g/mol. The van der Waals surface area contributed by atoms with Gasteiger partial charge in [0.2, 0.25) is 0 Å². The van der Waals surface area contributed by atoms with Gasteiger partial charge in [0.05, 0.1) is 22.6 Å². The molecule has 0 amide bonds. The van der Waals surface area contributed by atoms with Gasteiger partial charge in [0.15, 0.2) is 0 Å². The van der Waals surface area contributed by atoms with E-state index in [9.17, 15) is 22.9 Å². The fourth-order valence-electron chi connectivity index (χ4n) is 2.00. The zero-order valence-electron chi connectivity index (χ0n) is 12.2. The van der Waals surface area contributed by atoms with Gasteiger partial charge in [0, 0.05) is 12.1 Å². The first-order valence-electron chi connectivity index (χ1n) is 6.36. The van der Waals surface area contributed by atoms with E-state index in [0.717, 1.165) is 24.3 Å². The van der Waals surface area contributed by atoms with Crippen molar-refractivity contribution in [2.45, 2.75) is 11.8 Å². The lowest BCUT2D eigenvalue weighted by atomic mass is 10.2. The molecule has 0 aliphatic heterocycles. The molecule has 1 N–H and O–H groups in total. The number of ether oxygens (including phenoxy) is 1. The number of hydrogen-bond acceptors (Lipinski definition) is 5. The number of nitrogens with one attached hydrogen (secondary N) is 1. The largest absolute Gasteiger partial charge is 0.495 e. The smallest absolute Gasteiger partial charge is 0.271 e. The van der Waals surface area contributed by atoms with E-state index < -0.39 is 20.8 Å². The van der Waals surface area contributed by atoms with E-state index in [2.05, 4.69) is 4.72 Å². The minimum absolute atomic E-state index is 0.0783. The van der Waals surface area contributed by atoms with Gasteiger partial charge in [-0.25, -0.2) is 12.8 Å². The Hall–Kier alpha value is -2.68. The summed E-state index contributed by atoms with van der Waals surface area (Å²) in [6.45, 7) is 1.45. The molecule has 9 heteroatoms. The Bertz CT molecular complexity index is 867. The van der Waals surface area contributed by atoms with Crippen molar-refractivity contribution in [2.24, 2.45) is 0 Å². The standard InChI is InChI=1S/C14H13FN2O5S/c1-9-7-10(15)3-6-14(9)23(20,21)16-12-8-11(17(18)19)4-5-13(12)22-2/h3-8,16H,1-2H3. The van der Waals surface area contributed by atoms with E-state index in [1.807, 2.05) is 0 Å². The van der Waals surface area contributed by atoms with Gasteiger partial charge < -0.3 is 4.74 Å². The summed E-state index contributed by atoms with van der Waals surface area (Å²) in [5, 5.41) is 10.8. The van der Waals surface area contributed by atoms with Crippen molar-refractivity contribution in [1.29, 1.82) is 0 Å². The number of nitro benzene ring substituents is 1. The summed E-state index contributed by atoms with van der Waals surface area (Å²) < 4.78 is 45.2. The molecule has 0 spiro atoms. The summed E-state index contributed by atoms with van der Waals surface area (Å²) in [4.78, 5) is 10.0. The normalized spacial score (nSPS) is 11.1. The van der Waals surface area contributed by atoms with Crippen LogP contribution in [-0.2, 0) is 10.0 Å². The van der Waals surface area contributed by atoms with Crippen LogP contribution in [0.4, 0.5) is 15.8 Å². The number of nitrogens with zero attached hydrogens (tertiary/aromatic N) is 1. The predicted molar refractivity (Wildman–Crippen MR) is 81.6 cm³/mol. The number of sulfonamides is 1. The number of benzene rings is 2. The molecular weight excluding hydrogens is 327 g/mol. The van der Waals surface area contributed by atoms with Crippen molar-refractivity contribution >= 4 is 21.4 Å². The van der Waals surface area contributed by atoms with Crippen molar-refractivity contribution < 1.29 is 22.5 Å². The topological polar surface area (TPSA) is 98.5 Å². The number of halogens is 1. The minimum atomic E-state index is -4.06. The molecule has 0 radical (unpaired) electrons. The molecule has 0 fully saturated rings. The number of non-ortho nitro benzene ring substituents is 1. The molecule has 2 aromatic carbocycles. The molecular formula is C14H13FN2O5S. The molecule has 0 aliphatic rings. The van der Waals surface area contributed by atoms with Gasteiger partial charge in [-0.15, -0.1) is 0 Å². The number of nitro groups is 1. The lowest BCUT2D eigenvalue weighted by molar-refractivity contribution is -0.384. The van der Waals surface area contributed by atoms with Crippen LogP contribution < -0.4 is 9.46 Å². The van der Waals surface area contributed by atoms with E-state index >= 15 is 0 Å². The summed E-state index contributed by atoms with van der Waals surface area (Å²) in [6, 6.07) is 6.75. The van der Waals surface area contributed by atoms with E-state index in [4.69, 9.17) is 4.74 Å². The van der Waals surface area contributed by atoms with E-state index in [0.29, 0.717) is 0 Å². The van der Waals surface area contributed by atoms with E-state index in [1.165, 1.54) is 26.2 Å². The first-order valence-corrected chi connectivity index (χ1v) is 7.84. The maximum absolute atomic E-state index is 13.1. The summed E-state index contributed by atoms with van der Waals surface area (Å²) >= 11 is 0. The molecule has 0 heterocycles. The van der Waals surface area contributed by atoms with Crippen molar-refractivity contribution in [2.75, 3.05) is 11.8 Å². The van der Waals surface area contributed by atoms with Gasteiger partial charge >= 0.3 is 0 Å². The molecule has 23 heavy (non-hydrogen) atoms. The van der Waals surface area contributed by atoms with Crippen LogP contribution in [0, 0.1) is 22.9 Å². The van der Waals surface area contributed by atoms with E-state index in [1.54, 1.807) is 0 Å². The quantitative estimate of drug-likeness (QED) is 0.666. The number of methoxy groups -OCH3 is 1. The SMILES string of the molecule is COc1ccc([N+](=O)[O-])cc1NS(=O)(=O)c1ccc(F)cc1C. The monoisotopic (exact) mass is 340 g/mol. The van der Waals surface area contributed by atoms with Gasteiger partial charge in [-0.3, -0.25) is 14.8 Å². The zero-order chi connectivity index (χ0) is 17.2. The Morgan fingerprint density at radius 2 is 1.91 bits per heavy atom. The van der Waals surface area contributed by atoms with Crippen LogP contribution in [0.5, 0.6) is 5.75 Å². The van der Waals surface area contributed by atoms with Crippen LogP contribution in [0.15, 0.2) is 41.3 Å². The maximum atomic E-state index is 13.1. The molecule has 0 saturated heterocycles. The second kappa shape index (κ2) is 6.21. The van der Waals surface area contributed by atoms with Crippen molar-refractivity contribution in [3.05, 3.63) is 57.9 Å². The van der Waals surface area contributed by atoms with E-state index in [-0.39, 0.29) is 27.6 Å². The molecule has 2 rings (SSSR count). The highest BCUT2D eigenvalue weighted by atomic mass is 32.2. The Labute approximate surface area is 131 Å². The highest BCUT2D eigenvalue weighted by molar-refractivity contribution is 7.92. The molecule has 0 aliphatic carbocycles. The van der Waals surface area contributed by atoms with Gasteiger partial charge in [-0.05, 0) is 36.8 Å². The molecule has 122 valence electrons. The predicted octanol–water partition coefficient (Wildman–Crippen LogP) is 2.85. The number of anilines is 1. The van der Waals surface area contributed by atoms with Crippen LogP contribution in [-0.4, -0.2) is 20.5 Å². The third-order valence-electron chi connectivity index (χ3n) is 3.06. The molecule has 0 atom stereocenters. The Balaban J connectivity index is 2.48. The van der Waals surface area contributed by atoms with Gasteiger partial charge in [-0.1, -0.05) is 0 Å². The minimum Gasteiger partial charge on any atom is -0.495 e. The molecule has 0 unspecified atom stereocenters. The Kier molecular flexibility index (Phi) is 4.50. The van der Waals surface area contributed by atoms with Crippen LogP contribution in [0.1, 0.15) is 5.56 Å². The summed E-state index contributed by atoms with van der Waals surface area (Å²) in [5.41, 5.74) is -0.161. The summed E-state index contributed by atoms with van der Waals surface area (Å²) in [6.07, 6.45) is 0. The lowest BCUT2D eigenvalue weighted by Gasteiger charge is -2.13. The first-order chi connectivity index (χ1) is 10.7. The fraction of sp³-hybridized carbons (Fsp3) is 0.143. The Morgan fingerprint density at radius 3 is 2.48 bits per heavy atom. The maximum Gasteiger partial charge on any atom is 0.271 e. The van der Waals surface area contributed by atoms with Crippen molar-refractivity contribution in [3.8, 4) is 5.75 Å². The first kappa shape index (κ1) is 16.7. The highest BCUT2D eigenvalue weighted by Crippen LogP contribution is 2.31. The second-order valence-electron chi connectivity index (χ2n) is 4.66. The third kappa shape index (κ3) is 3.57. The molecule has 0 bridgehead atoms. The highest BCUT2D eigenvalue weighted by Gasteiger charge is 2.21. The summed E-state index contributed by atoms with van der Waals surface area (Å²) in [7, 11) is -2.75. The third-order valence-corrected chi connectivity index (χ3v) is 4.59. The molecule has 0 aromatic heterocycles. The average Bonchev–Trinajstić information content (AvgIpc) is 2.46. The van der Waals surface area contributed by atoms with Crippen LogP contribution >= 0.6 is 0 Å². The lowest BCUT2D eigenvalue weighted by Crippen LogP contribution is -2.15. The molecule has 0 saturated carbocycles. The van der Waals surface area contributed by atoms with Crippen LogP contribution in [0.2, 0.25) is 0 Å².